The zero-order valence-corrected chi connectivity index (χ0v) is 9.47. The van der Waals surface area contributed by atoms with Gasteiger partial charge in [0, 0.05) is 25.3 Å². The standard InChI is InChI=1S/C12H20N2O2/c13-12-3-1-2-11(10-12)4-5-14(6-8-15)7-9-16/h1-3,10,15-16H,4-9,13H2. The van der Waals surface area contributed by atoms with Gasteiger partial charge in [-0.1, -0.05) is 12.1 Å². The number of aliphatic hydroxyl groups excluding tert-OH is 2. The minimum absolute atomic E-state index is 0.122. The summed E-state index contributed by atoms with van der Waals surface area (Å²) in [7, 11) is 0. The molecule has 0 radical (unpaired) electrons. The van der Waals surface area contributed by atoms with E-state index >= 15 is 0 Å². The third-order valence-corrected chi connectivity index (χ3v) is 2.50. The number of hydrogen-bond donors (Lipinski definition) is 3. The number of nitrogens with zero attached hydrogens (tertiary/aromatic N) is 1. The number of benzene rings is 1. The normalized spacial score (nSPS) is 10.9. The minimum atomic E-state index is 0.122. The molecule has 16 heavy (non-hydrogen) atoms. The first-order valence-electron chi connectivity index (χ1n) is 5.54. The SMILES string of the molecule is Nc1cccc(CCN(CCO)CCO)c1. The van der Waals surface area contributed by atoms with Crippen LogP contribution in [0.5, 0.6) is 0 Å². The summed E-state index contributed by atoms with van der Waals surface area (Å²) in [5.74, 6) is 0. The van der Waals surface area contributed by atoms with Crippen LogP contribution in [0.3, 0.4) is 0 Å². The molecule has 0 aliphatic carbocycles. The molecule has 90 valence electrons. The largest absolute Gasteiger partial charge is 0.399 e. The first-order chi connectivity index (χ1) is 7.76. The molecule has 0 amide bonds. The van der Waals surface area contributed by atoms with Crippen molar-refractivity contribution in [2.45, 2.75) is 6.42 Å². The molecule has 1 aromatic rings. The van der Waals surface area contributed by atoms with Crippen LogP contribution in [0.4, 0.5) is 5.69 Å². The fraction of sp³-hybridized carbons (Fsp3) is 0.500. The van der Waals surface area contributed by atoms with Gasteiger partial charge in [0.05, 0.1) is 13.2 Å². The summed E-state index contributed by atoms with van der Waals surface area (Å²) in [6.07, 6.45) is 0.880. The van der Waals surface area contributed by atoms with Crippen LogP contribution in [0, 0.1) is 0 Å². The Hall–Kier alpha value is -1.10. The molecule has 1 rings (SSSR count). The lowest BCUT2D eigenvalue weighted by atomic mass is 10.1. The van der Waals surface area contributed by atoms with Gasteiger partial charge >= 0.3 is 0 Å². The van der Waals surface area contributed by atoms with E-state index in [1.54, 1.807) is 0 Å². The molecule has 0 saturated heterocycles. The molecule has 0 fully saturated rings. The second kappa shape index (κ2) is 7.22. The van der Waals surface area contributed by atoms with E-state index in [0.29, 0.717) is 13.1 Å². The fourth-order valence-corrected chi connectivity index (χ4v) is 1.65. The Bertz CT molecular complexity index is 299. The molecule has 0 atom stereocenters. The highest BCUT2D eigenvalue weighted by atomic mass is 16.3. The molecular formula is C12H20N2O2. The number of rotatable bonds is 7. The third-order valence-electron chi connectivity index (χ3n) is 2.50. The summed E-state index contributed by atoms with van der Waals surface area (Å²) in [6, 6.07) is 7.79. The van der Waals surface area contributed by atoms with Crippen molar-refractivity contribution in [3.63, 3.8) is 0 Å². The highest BCUT2D eigenvalue weighted by Gasteiger charge is 2.03. The Labute approximate surface area is 96.3 Å². The molecule has 0 unspecified atom stereocenters. The van der Waals surface area contributed by atoms with Crippen LogP contribution in [0.25, 0.3) is 0 Å². The van der Waals surface area contributed by atoms with Crippen LogP contribution < -0.4 is 5.73 Å². The van der Waals surface area contributed by atoms with E-state index in [2.05, 4.69) is 0 Å². The van der Waals surface area contributed by atoms with E-state index < -0.39 is 0 Å². The molecule has 0 aromatic heterocycles. The number of nitrogens with two attached hydrogens (primary N) is 1. The van der Waals surface area contributed by atoms with E-state index in [1.807, 2.05) is 29.2 Å². The molecule has 0 heterocycles. The maximum Gasteiger partial charge on any atom is 0.0558 e. The van der Waals surface area contributed by atoms with Gasteiger partial charge in [-0.25, -0.2) is 0 Å². The van der Waals surface area contributed by atoms with Crippen LogP contribution in [-0.2, 0) is 6.42 Å². The van der Waals surface area contributed by atoms with Gasteiger partial charge in [-0.05, 0) is 24.1 Å². The average Bonchev–Trinajstić information content (AvgIpc) is 2.27. The molecule has 0 saturated carbocycles. The van der Waals surface area contributed by atoms with Crippen LogP contribution in [-0.4, -0.2) is 48.0 Å². The number of nitrogen functional groups attached to an aromatic ring is 1. The van der Waals surface area contributed by atoms with Crippen LogP contribution in [0.15, 0.2) is 24.3 Å². The van der Waals surface area contributed by atoms with Crippen molar-refractivity contribution in [1.82, 2.24) is 4.90 Å². The van der Waals surface area contributed by atoms with Crippen molar-refractivity contribution in [2.75, 3.05) is 38.6 Å². The third kappa shape index (κ3) is 4.61. The van der Waals surface area contributed by atoms with Gasteiger partial charge in [0.2, 0.25) is 0 Å². The number of anilines is 1. The minimum Gasteiger partial charge on any atom is -0.399 e. The monoisotopic (exact) mass is 224 g/mol. The summed E-state index contributed by atoms with van der Waals surface area (Å²) in [4.78, 5) is 2.03. The Morgan fingerprint density at radius 2 is 1.75 bits per heavy atom. The average molecular weight is 224 g/mol. The van der Waals surface area contributed by atoms with Gasteiger partial charge in [-0.15, -0.1) is 0 Å². The number of hydrogen-bond acceptors (Lipinski definition) is 4. The summed E-state index contributed by atoms with van der Waals surface area (Å²) in [5, 5.41) is 17.7. The van der Waals surface area contributed by atoms with E-state index in [4.69, 9.17) is 15.9 Å². The summed E-state index contributed by atoms with van der Waals surface area (Å²) in [5.41, 5.74) is 7.64. The van der Waals surface area contributed by atoms with Crippen molar-refractivity contribution in [3.8, 4) is 0 Å². The molecule has 4 nitrogen and oxygen atoms in total. The van der Waals surface area contributed by atoms with Crippen molar-refractivity contribution in [1.29, 1.82) is 0 Å². The van der Waals surface area contributed by atoms with Crippen LogP contribution in [0.2, 0.25) is 0 Å². The van der Waals surface area contributed by atoms with Crippen molar-refractivity contribution >= 4 is 5.69 Å². The Morgan fingerprint density at radius 3 is 2.31 bits per heavy atom. The molecule has 4 heteroatoms. The second-order valence-corrected chi connectivity index (χ2v) is 3.78. The molecule has 0 aliphatic heterocycles. The summed E-state index contributed by atoms with van der Waals surface area (Å²) in [6.45, 7) is 2.27. The lowest BCUT2D eigenvalue weighted by Crippen LogP contribution is -2.31. The van der Waals surface area contributed by atoms with Gasteiger partial charge < -0.3 is 15.9 Å². The van der Waals surface area contributed by atoms with Crippen LogP contribution in [0.1, 0.15) is 5.56 Å². The fourth-order valence-electron chi connectivity index (χ4n) is 1.65. The Morgan fingerprint density at radius 1 is 1.06 bits per heavy atom. The molecule has 4 N–H and O–H groups in total. The highest BCUT2D eigenvalue weighted by Crippen LogP contribution is 2.07. The maximum atomic E-state index is 8.86. The van der Waals surface area contributed by atoms with Gasteiger partial charge in [0.1, 0.15) is 0 Å². The molecular weight excluding hydrogens is 204 g/mol. The predicted octanol–water partition coefficient (Wildman–Crippen LogP) is 0.0979. The van der Waals surface area contributed by atoms with Gasteiger partial charge in [0.15, 0.2) is 0 Å². The quantitative estimate of drug-likeness (QED) is 0.574. The van der Waals surface area contributed by atoms with Gasteiger partial charge in [-0.2, -0.15) is 0 Å². The lowest BCUT2D eigenvalue weighted by molar-refractivity contribution is 0.162. The molecule has 1 aromatic carbocycles. The smallest absolute Gasteiger partial charge is 0.0558 e. The highest BCUT2D eigenvalue weighted by molar-refractivity contribution is 5.40. The van der Waals surface area contributed by atoms with E-state index in [-0.39, 0.29) is 13.2 Å². The topological polar surface area (TPSA) is 69.7 Å². The van der Waals surface area contributed by atoms with Gasteiger partial charge in [0.25, 0.3) is 0 Å². The lowest BCUT2D eigenvalue weighted by Gasteiger charge is -2.19. The Balaban J connectivity index is 2.41. The summed E-state index contributed by atoms with van der Waals surface area (Å²) >= 11 is 0. The van der Waals surface area contributed by atoms with Crippen molar-refractivity contribution < 1.29 is 10.2 Å². The van der Waals surface area contributed by atoms with Gasteiger partial charge in [-0.3, -0.25) is 4.90 Å². The molecule has 0 aliphatic rings. The second-order valence-electron chi connectivity index (χ2n) is 3.78. The van der Waals surface area contributed by atoms with Crippen molar-refractivity contribution in [2.24, 2.45) is 0 Å². The zero-order chi connectivity index (χ0) is 11.8. The summed E-state index contributed by atoms with van der Waals surface area (Å²) < 4.78 is 0. The Kier molecular flexibility index (Phi) is 5.85. The molecule has 0 bridgehead atoms. The number of aliphatic hydroxyl groups is 2. The predicted molar refractivity (Wildman–Crippen MR) is 65.2 cm³/mol. The zero-order valence-electron chi connectivity index (χ0n) is 9.47. The molecule has 0 spiro atoms. The van der Waals surface area contributed by atoms with E-state index in [0.717, 1.165) is 18.7 Å². The van der Waals surface area contributed by atoms with Crippen LogP contribution >= 0.6 is 0 Å². The van der Waals surface area contributed by atoms with E-state index in [1.165, 1.54) is 5.56 Å². The van der Waals surface area contributed by atoms with E-state index in [9.17, 15) is 0 Å². The maximum absolute atomic E-state index is 8.86. The van der Waals surface area contributed by atoms with Crippen molar-refractivity contribution in [3.05, 3.63) is 29.8 Å². The first-order valence-corrected chi connectivity index (χ1v) is 5.54. The first kappa shape index (κ1) is 13.0.